The molecule has 0 aromatic heterocycles. The van der Waals surface area contributed by atoms with Crippen molar-refractivity contribution in [3.05, 3.63) is 60.7 Å². The summed E-state index contributed by atoms with van der Waals surface area (Å²) in [5, 5.41) is 12.6. The molecule has 6 fully saturated rings. The van der Waals surface area contributed by atoms with Crippen molar-refractivity contribution in [3.63, 3.8) is 0 Å². The molecule has 6 heterocycles. The second-order valence-electron chi connectivity index (χ2n) is 13.9. The summed E-state index contributed by atoms with van der Waals surface area (Å²) in [5.41, 5.74) is 3.33. The zero-order chi connectivity index (χ0) is 26.7. The molecule has 6 aliphatic heterocycles. The summed E-state index contributed by atoms with van der Waals surface area (Å²) >= 11 is 0. The Bertz CT molecular complexity index is 1130. The molecule has 6 saturated heterocycles. The average Bonchev–Trinajstić information content (AvgIpc) is 3.02. The van der Waals surface area contributed by atoms with Crippen molar-refractivity contribution in [1.29, 1.82) is 0 Å². The van der Waals surface area contributed by atoms with Crippen LogP contribution in [0.3, 0.4) is 0 Å². The second-order valence-corrected chi connectivity index (χ2v) is 13.9. The van der Waals surface area contributed by atoms with E-state index in [4.69, 9.17) is 0 Å². The minimum Gasteiger partial charge on any atom is -0.340 e. The SMILES string of the molecule is CN1CCCC2C1B(c1ccccc1)C1NCCCC1C21C2CCCNC2N(c2ccccc2)C2NCCCC21. The Kier molecular flexibility index (Phi) is 6.75. The molecular weight excluding hydrogens is 489 g/mol. The van der Waals surface area contributed by atoms with Crippen LogP contribution < -0.4 is 26.3 Å². The summed E-state index contributed by atoms with van der Waals surface area (Å²) in [5.74, 6) is 4.02. The molecule has 1 spiro atoms. The number of nitrogens with zero attached hydrogens (tertiary/aromatic N) is 2. The van der Waals surface area contributed by atoms with Crippen LogP contribution in [-0.2, 0) is 0 Å². The number of para-hydroxylation sites is 1. The number of hydrogen-bond donors (Lipinski definition) is 3. The quantitative estimate of drug-likeness (QED) is 0.510. The summed E-state index contributed by atoms with van der Waals surface area (Å²) in [4.78, 5) is 5.65. The van der Waals surface area contributed by atoms with Crippen LogP contribution in [-0.4, -0.2) is 69.1 Å². The standard InChI is InChI=1S/C34H48BN5/c1-39-23-11-19-27-31(39)35(24-12-4-2-5-13-24)30-26(16-8-20-36-30)34(27)28-17-9-21-37-32(28)40(25-14-6-3-7-15-25)33-29(34)18-10-22-38-33/h2-7,12-15,26-33,36-38H,8-11,16-23H2,1H3. The molecule has 0 saturated carbocycles. The van der Waals surface area contributed by atoms with E-state index in [9.17, 15) is 0 Å². The molecule has 2 aromatic carbocycles. The number of benzene rings is 2. The Morgan fingerprint density at radius 1 is 0.675 bits per heavy atom. The molecule has 6 aliphatic rings. The molecule has 8 rings (SSSR count). The lowest BCUT2D eigenvalue weighted by atomic mass is 9.21. The van der Waals surface area contributed by atoms with Crippen molar-refractivity contribution in [2.45, 2.75) is 75.6 Å². The summed E-state index contributed by atoms with van der Waals surface area (Å²) in [6.07, 6.45) is 11.7. The lowest BCUT2D eigenvalue weighted by Gasteiger charge is -2.73. The fourth-order valence-electron chi connectivity index (χ4n) is 11.5. The van der Waals surface area contributed by atoms with Gasteiger partial charge in [0, 0.05) is 5.69 Å². The van der Waals surface area contributed by atoms with Gasteiger partial charge in [0.15, 0.2) is 0 Å². The highest BCUT2D eigenvalue weighted by Gasteiger charge is 2.71. The highest BCUT2D eigenvalue weighted by Crippen LogP contribution is 2.66. The molecule has 0 bridgehead atoms. The number of fused-ring (bicyclic) bond motifs is 8. The maximum atomic E-state index is 4.25. The predicted molar refractivity (Wildman–Crippen MR) is 166 cm³/mol. The number of likely N-dealkylation sites (tertiary alicyclic amines) is 1. The first kappa shape index (κ1) is 25.8. The topological polar surface area (TPSA) is 42.6 Å². The van der Waals surface area contributed by atoms with Gasteiger partial charge in [-0.3, -0.25) is 10.6 Å². The van der Waals surface area contributed by atoms with Gasteiger partial charge in [-0.15, -0.1) is 0 Å². The lowest BCUT2D eigenvalue weighted by molar-refractivity contribution is -0.166. The van der Waals surface area contributed by atoms with Gasteiger partial charge in [-0.1, -0.05) is 54.0 Å². The molecule has 3 N–H and O–H groups in total. The van der Waals surface area contributed by atoms with E-state index in [0.717, 1.165) is 24.9 Å². The molecule has 212 valence electrons. The van der Waals surface area contributed by atoms with Crippen molar-refractivity contribution in [2.24, 2.45) is 29.1 Å². The van der Waals surface area contributed by atoms with Crippen LogP contribution in [0.1, 0.15) is 51.4 Å². The lowest BCUT2D eigenvalue weighted by Crippen LogP contribution is -2.84. The van der Waals surface area contributed by atoms with Crippen molar-refractivity contribution >= 4 is 17.9 Å². The van der Waals surface area contributed by atoms with Crippen LogP contribution in [0.4, 0.5) is 5.69 Å². The Balaban J connectivity index is 1.33. The Morgan fingerprint density at radius 3 is 1.93 bits per heavy atom. The van der Waals surface area contributed by atoms with Crippen LogP contribution in [0.2, 0.25) is 0 Å². The molecule has 6 heteroatoms. The fourth-order valence-corrected chi connectivity index (χ4v) is 11.5. The normalized spacial score (nSPS) is 41.5. The molecule has 8 atom stereocenters. The van der Waals surface area contributed by atoms with Crippen LogP contribution in [0.5, 0.6) is 0 Å². The maximum absolute atomic E-state index is 4.25. The smallest absolute Gasteiger partial charge is 0.213 e. The molecule has 40 heavy (non-hydrogen) atoms. The summed E-state index contributed by atoms with van der Waals surface area (Å²) < 4.78 is 0. The van der Waals surface area contributed by atoms with E-state index < -0.39 is 0 Å². The number of anilines is 1. The van der Waals surface area contributed by atoms with E-state index in [-0.39, 0.29) is 0 Å². The summed E-state index contributed by atoms with van der Waals surface area (Å²) in [6.45, 7) is 5.28. The average molecular weight is 538 g/mol. The number of nitrogens with one attached hydrogen (secondary N) is 3. The molecule has 0 aliphatic carbocycles. The first-order valence-electron chi connectivity index (χ1n) is 16.6. The van der Waals surface area contributed by atoms with Crippen molar-refractivity contribution < 1.29 is 0 Å². The van der Waals surface area contributed by atoms with Crippen molar-refractivity contribution in [3.8, 4) is 0 Å². The van der Waals surface area contributed by atoms with Gasteiger partial charge >= 0.3 is 0 Å². The minimum atomic E-state index is 0.351. The number of piperidine rings is 5. The third-order valence-corrected chi connectivity index (χ3v) is 12.5. The van der Waals surface area contributed by atoms with Gasteiger partial charge in [0.05, 0.1) is 12.3 Å². The minimum absolute atomic E-state index is 0.351. The third kappa shape index (κ3) is 3.75. The van der Waals surface area contributed by atoms with Gasteiger partial charge in [-0.25, -0.2) is 0 Å². The van der Waals surface area contributed by atoms with Gasteiger partial charge in [0.2, 0.25) is 6.71 Å². The molecule has 8 unspecified atom stereocenters. The van der Waals surface area contributed by atoms with E-state index in [1.165, 1.54) is 70.1 Å². The highest BCUT2D eigenvalue weighted by atomic mass is 15.4. The van der Waals surface area contributed by atoms with E-state index in [1.807, 2.05) is 0 Å². The first-order chi connectivity index (χ1) is 19.8. The fraction of sp³-hybridized carbons (Fsp3) is 0.647. The van der Waals surface area contributed by atoms with Gasteiger partial charge in [-0.2, -0.15) is 0 Å². The Hall–Kier alpha value is -1.86. The van der Waals surface area contributed by atoms with Crippen LogP contribution in [0.15, 0.2) is 60.7 Å². The van der Waals surface area contributed by atoms with Crippen LogP contribution in [0.25, 0.3) is 0 Å². The number of hydrogen-bond acceptors (Lipinski definition) is 5. The molecule has 0 radical (unpaired) electrons. The predicted octanol–water partition coefficient (Wildman–Crippen LogP) is 3.72. The Labute approximate surface area is 241 Å². The van der Waals surface area contributed by atoms with Crippen molar-refractivity contribution in [2.75, 3.05) is 38.1 Å². The third-order valence-electron chi connectivity index (χ3n) is 12.5. The van der Waals surface area contributed by atoms with Gasteiger partial charge < -0.3 is 15.1 Å². The molecule has 2 aromatic rings. The monoisotopic (exact) mass is 537 g/mol. The first-order valence-corrected chi connectivity index (χ1v) is 16.6. The molecule has 5 nitrogen and oxygen atoms in total. The van der Waals surface area contributed by atoms with Gasteiger partial charge in [-0.05, 0) is 138 Å². The van der Waals surface area contributed by atoms with E-state index in [0.29, 0.717) is 48.2 Å². The van der Waals surface area contributed by atoms with E-state index in [2.05, 4.69) is 93.5 Å². The van der Waals surface area contributed by atoms with Crippen molar-refractivity contribution in [1.82, 2.24) is 20.9 Å². The van der Waals surface area contributed by atoms with E-state index in [1.54, 1.807) is 5.46 Å². The summed E-state index contributed by atoms with van der Waals surface area (Å²) in [7, 11) is 2.47. The van der Waals surface area contributed by atoms with Crippen LogP contribution >= 0.6 is 0 Å². The number of rotatable bonds is 2. The van der Waals surface area contributed by atoms with Gasteiger partial charge in [0.1, 0.15) is 0 Å². The van der Waals surface area contributed by atoms with Gasteiger partial charge in [0.25, 0.3) is 0 Å². The molecule has 0 amide bonds. The maximum Gasteiger partial charge on any atom is 0.213 e. The zero-order valence-electron chi connectivity index (χ0n) is 24.3. The largest absolute Gasteiger partial charge is 0.340 e. The Morgan fingerprint density at radius 2 is 1.25 bits per heavy atom. The van der Waals surface area contributed by atoms with E-state index >= 15 is 0 Å². The summed E-state index contributed by atoms with van der Waals surface area (Å²) in [6, 6.07) is 23.1. The van der Waals surface area contributed by atoms with Crippen LogP contribution in [0, 0.1) is 29.1 Å². The molecular formula is C34H48BN5. The zero-order valence-corrected chi connectivity index (χ0v) is 24.3. The second kappa shape index (κ2) is 10.5. The highest BCUT2D eigenvalue weighted by molar-refractivity contribution is 6.76.